The summed E-state index contributed by atoms with van der Waals surface area (Å²) in [7, 11) is 0. The van der Waals surface area contributed by atoms with Crippen molar-refractivity contribution in [2.45, 2.75) is 58.8 Å². The Bertz CT molecular complexity index is 768. The summed E-state index contributed by atoms with van der Waals surface area (Å²) in [6.07, 6.45) is 7.77. The van der Waals surface area contributed by atoms with E-state index in [-0.39, 0.29) is 2.85 Å². The van der Waals surface area contributed by atoms with Crippen LogP contribution in [0.25, 0.3) is 11.3 Å². The number of unbranched alkanes of at least 4 members (excludes halogenated alkanes) is 2. The molecule has 2 aromatic rings. The van der Waals surface area contributed by atoms with Crippen LogP contribution in [0.15, 0.2) is 21.9 Å². The molecule has 2 aromatic heterocycles. The molecule has 0 atom stereocenters. The van der Waals surface area contributed by atoms with Crippen LogP contribution in [0.5, 0.6) is 0 Å². The van der Waals surface area contributed by atoms with Gasteiger partial charge in [-0.05, 0) is 37.3 Å². The molecule has 0 aliphatic heterocycles. The normalized spacial score (nSPS) is 13.3. The average molecular weight is 320 g/mol. The van der Waals surface area contributed by atoms with Gasteiger partial charge < -0.3 is 4.98 Å². The summed E-state index contributed by atoms with van der Waals surface area (Å²) in [6.45, 7) is 6.34. The van der Waals surface area contributed by atoms with E-state index in [9.17, 15) is 9.59 Å². The van der Waals surface area contributed by atoms with Gasteiger partial charge in [0.2, 0.25) is 0 Å². The molecular formula is C17H28N4O2. The number of rotatable bonds is 4. The second-order valence-corrected chi connectivity index (χ2v) is 5.88. The van der Waals surface area contributed by atoms with Gasteiger partial charge >= 0.3 is 5.69 Å². The van der Waals surface area contributed by atoms with Crippen molar-refractivity contribution >= 4 is 0 Å². The first-order valence-electron chi connectivity index (χ1n) is 8.23. The maximum Gasteiger partial charge on any atom is 0.325 e. The minimum atomic E-state index is -0.522. The molecule has 3 rings (SSSR count). The van der Waals surface area contributed by atoms with E-state index in [1.807, 2.05) is 13.0 Å². The van der Waals surface area contributed by atoms with Gasteiger partial charge in [-0.15, -0.1) is 5.10 Å². The van der Waals surface area contributed by atoms with Gasteiger partial charge in [0, 0.05) is 9.05 Å². The summed E-state index contributed by atoms with van der Waals surface area (Å²) >= 11 is 0. The third kappa shape index (κ3) is 4.61. The quantitative estimate of drug-likeness (QED) is 0.903. The predicted molar refractivity (Wildman–Crippen MR) is 94.8 cm³/mol. The first kappa shape index (κ1) is 17.1. The Kier molecular flexibility index (Phi) is 5.84. The molecule has 0 spiro atoms. The standard InChI is InChI=1S/C12H12N4O2.C5H12.2H2/c1-6-8(7-2-3-7)4-10(16-15-6)9-5-13-12(18)14-11(9)17;1-3-5-4-2;;/h4-5,7H,2-3H2,1H3,(H2,13,14,17,18);3-5H2,1-2H3;2*1H. The maximum atomic E-state index is 11.7. The minimum Gasteiger partial charge on any atom is -0.313 e. The Morgan fingerprint density at radius 2 is 1.91 bits per heavy atom. The van der Waals surface area contributed by atoms with Gasteiger partial charge in [0.05, 0.1) is 11.3 Å². The molecule has 0 unspecified atom stereocenters. The monoisotopic (exact) mass is 320 g/mol. The Labute approximate surface area is 138 Å². The predicted octanol–water partition coefficient (Wildman–Crippen LogP) is 3.39. The summed E-state index contributed by atoms with van der Waals surface area (Å²) < 4.78 is 0. The number of aromatic nitrogens is 4. The van der Waals surface area contributed by atoms with Crippen molar-refractivity contribution in [2.75, 3.05) is 0 Å². The molecule has 0 radical (unpaired) electrons. The lowest BCUT2D eigenvalue weighted by atomic mass is 10.1. The number of hydrogen-bond acceptors (Lipinski definition) is 4. The topological polar surface area (TPSA) is 91.5 Å². The van der Waals surface area contributed by atoms with Crippen LogP contribution in [-0.4, -0.2) is 20.2 Å². The van der Waals surface area contributed by atoms with Crippen molar-refractivity contribution in [3.63, 3.8) is 0 Å². The first-order valence-corrected chi connectivity index (χ1v) is 8.23. The number of aromatic amines is 2. The first-order chi connectivity index (χ1) is 11.1. The third-order valence-electron chi connectivity index (χ3n) is 3.84. The highest BCUT2D eigenvalue weighted by Gasteiger charge is 2.26. The third-order valence-corrected chi connectivity index (χ3v) is 3.84. The molecule has 1 fully saturated rings. The van der Waals surface area contributed by atoms with Crippen LogP contribution >= 0.6 is 0 Å². The molecule has 0 bridgehead atoms. The van der Waals surface area contributed by atoms with Crippen molar-refractivity contribution in [1.29, 1.82) is 0 Å². The van der Waals surface area contributed by atoms with Crippen molar-refractivity contribution in [3.8, 4) is 11.3 Å². The maximum absolute atomic E-state index is 11.7. The second-order valence-electron chi connectivity index (χ2n) is 5.88. The van der Waals surface area contributed by atoms with Crippen LogP contribution in [0.1, 0.15) is 66.0 Å². The Morgan fingerprint density at radius 1 is 1.22 bits per heavy atom. The van der Waals surface area contributed by atoms with E-state index in [2.05, 4.69) is 34.0 Å². The molecule has 6 heteroatoms. The smallest absolute Gasteiger partial charge is 0.313 e. The van der Waals surface area contributed by atoms with E-state index in [0.29, 0.717) is 17.2 Å². The summed E-state index contributed by atoms with van der Waals surface area (Å²) in [5, 5.41) is 8.10. The zero-order chi connectivity index (χ0) is 16.8. The Hall–Kier alpha value is -2.24. The van der Waals surface area contributed by atoms with Gasteiger partial charge in [-0.1, -0.05) is 33.1 Å². The van der Waals surface area contributed by atoms with Crippen molar-refractivity contribution in [1.82, 2.24) is 20.2 Å². The molecule has 1 aliphatic carbocycles. The van der Waals surface area contributed by atoms with Gasteiger partial charge in [-0.2, -0.15) is 5.10 Å². The molecule has 0 saturated heterocycles. The number of H-pyrrole nitrogens is 2. The Balaban J connectivity index is 0.000000734. The largest absolute Gasteiger partial charge is 0.325 e. The molecule has 1 aliphatic rings. The van der Waals surface area contributed by atoms with E-state index in [1.165, 1.54) is 25.5 Å². The van der Waals surface area contributed by atoms with Gasteiger partial charge in [0.15, 0.2) is 0 Å². The molecule has 2 heterocycles. The summed E-state index contributed by atoms with van der Waals surface area (Å²) in [5.41, 5.74) is 1.92. The fourth-order valence-corrected chi connectivity index (χ4v) is 2.36. The molecule has 0 aromatic carbocycles. The number of aryl methyl sites for hydroxylation is 1. The van der Waals surface area contributed by atoms with Gasteiger partial charge in [0.1, 0.15) is 5.69 Å². The van der Waals surface area contributed by atoms with E-state index in [0.717, 1.165) is 24.1 Å². The molecule has 1 saturated carbocycles. The summed E-state index contributed by atoms with van der Waals surface area (Å²) in [4.78, 5) is 27.3. The Morgan fingerprint density at radius 3 is 2.43 bits per heavy atom. The lowest BCUT2D eigenvalue weighted by molar-refractivity contribution is 0.772. The molecule has 6 nitrogen and oxygen atoms in total. The summed E-state index contributed by atoms with van der Waals surface area (Å²) in [6, 6.07) is 1.89. The molecule has 2 N–H and O–H groups in total. The highest BCUT2D eigenvalue weighted by atomic mass is 16.2. The van der Waals surface area contributed by atoms with E-state index in [1.54, 1.807) is 0 Å². The second kappa shape index (κ2) is 7.85. The molecule has 0 amide bonds. The number of hydrogen-bond donors (Lipinski definition) is 2. The summed E-state index contributed by atoms with van der Waals surface area (Å²) in [5.74, 6) is 0.543. The minimum absolute atomic E-state index is 0. The zero-order valence-electron chi connectivity index (χ0n) is 14.0. The van der Waals surface area contributed by atoms with Crippen LogP contribution in [0.3, 0.4) is 0 Å². The number of nitrogens with zero attached hydrogens (tertiary/aromatic N) is 2. The van der Waals surface area contributed by atoms with Gasteiger partial charge in [-0.3, -0.25) is 9.78 Å². The fourth-order valence-electron chi connectivity index (χ4n) is 2.36. The van der Waals surface area contributed by atoms with Crippen molar-refractivity contribution in [2.24, 2.45) is 0 Å². The van der Waals surface area contributed by atoms with Crippen molar-refractivity contribution < 1.29 is 2.85 Å². The van der Waals surface area contributed by atoms with Crippen molar-refractivity contribution in [3.05, 3.63) is 44.4 Å². The van der Waals surface area contributed by atoms with Crippen LogP contribution in [0, 0.1) is 6.92 Å². The highest BCUT2D eigenvalue weighted by Crippen LogP contribution is 2.41. The van der Waals surface area contributed by atoms with Crippen LogP contribution in [0.2, 0.25) is 0 Å². The SMILES string of the molecule is CCCCC.Cc1nnc(-c2c[nH]c(=O)[nH]c2=O)cc1C1CC1.[HH].[HH]. The van der Waals surface area contributed by atoms with E-state index < -0.39 is 11.2 Å². The fraction of sp³-hybridized carbons (Fsp3) is 0.529. The highest BCUT2D eigenvalue weighted by molar-refractivity contribution is 5.57. The zero-order valence-corrected chi connectivity index (χ0v) is 14.0. The molecular weight excluding hydrogens is 292 g/mol. The average Bonchev–Trinajstić information content (AvgIpc) is 3.34. The van der Waals surface area contributed by atoms with Crippen LogP contribution < -0.4 is 11.2 Å². The van der Waals surface area contributed by atoms with Gasteiger partial charge in [0.25, 0.3) is 5.56 Å². The molecule has 23 heavy (non-hydrogen) atoms. The number of nitrogens with one attached hydrogen (secondary N) is 2. The van der Waals surface area contributed by atoms with Crippen LogP contribution in [-0.2, 0) is 0 Å². The van der Waals surface area contributed by atoms with E-state index >= 15 is 0 Å². The lowest BCUT2D eigenvalue weighted by Crippen LogP contribution is -2.23. The van der Waals surface area contributed by atoms with Crippen LogP contribution in [0.4, 0.5) is 0 Å². The van der Waals surface area contributed by atoms with E-state index in [4.69, 9.17) is 0 Å². The molecule has 128 valence electrons. The van der Waals surface area contributed by atoms with Gasteiger partial charge in [-0.25, -0.2) is 4.79 Å². The lowest BCUT2D eigenvalue weighted by Gasteiger charge is -2.04.